The third-order valence-corrected chi connectivity index (χ3v) is 2.17. The zero-order chi connectivity index (χ0) is 12.8. The summed E-state index contributed by atoms with van der Waals surface area (Å²) in [6.07, 6.45) is 0.238. The van der Waals surface area contributed by atoms with Crippen LogP contribution < -0.4 is 10.9 Å². The van der Waals surface area contributed by atoms with Gasteiger partial charge in [0, 0.05) is 18.5 Å². The van der Waals surface area contributed by atoms with E-state index in [-0.39, 0.29) is 23.9 Å². The number of hydrogen-bond acceptors (Lipinski definition) is 5. The SMILES string of the molecule is COC(=O)CCNc1cc(=O)[nH]c(C(C)C)n1. The molecular formula is C11H17N3O3. The van der Waals surface area contributed by atoms with Crippen LogP contribution in [0.2, 0.25) is 0 Å². The number of esters is 1. The third-order valence-electron chi connectivity index (χ3n) is 2.17. The van der Waals surface area contributed by atoms with Crippen LogP contribution >= 0.6 is 0 Å². The Hall–Kier alpha value is -1.85. The minimum atomic E-state index is -0.300. The number of carbonyl (C=O) groups is 1. The smallest absolute Gasteiger partial charge is 0.307 e. The van der Waals surface area contributed by atoms with E-state index in [2.05, 4.69) is 20.0 Å². The van der Waals surface area contributed by atoms with Crippen molar-refractivity contribution in [2.75, 3.05) is 19.0 Å². The number of nitrogens with zero attached hydrogens (tertiary/aromatic N) is 1. The van der Waals surface area contributed by atoms with E-state index in [0.29, 0.717) is 18.2 Å². The number of rotatable bonds is 5. The number of nitrogens with one attached hydrogen (secondary N) is 2. The summed E-state index contributed by atoms with van der Waals surface area (Å²) in [7, 11) is 1.34. The van der Waals surface area contributed by atoms with Crippen molar-refractivity contribution < 1.29 is 9.53 Å². The van der Waals surface area contributed by atoms with Crippen LogP contribution in [0.25, 0.3) is 0 Å². The minimum Gasteiger partial charge on any atom is -0.469 e. The van der Waals surface area contributed by atoms with Crippen LogP contribution in [0.3, 0.4) is 0 Å². The first-order valence-corrected chi connectivity index (χ1v) is 5.45. The Bertz CT molecular complexity index is 440. The van der Waals surface area contributed by atoms with Crippen molar-refractivity contribution in [2.24, 2.45) is 0 Å². The van der Waals surface area contributed by atoms with E-state index >= 15 is 0 Å². The Morgan fingerprint density at radius 1 is 1.59 bits per heavy atom. The number of aromatic amines is 1. The molecule has 0 aliphatic heterocycles. The number of ether oxygens (including phenoxy) is 1. The average molecular weight is 239 g/mol. The van der Waals surface area contributed by atoms with E-state index < -0.39 is 0 Å². The summed E-state index contributed by atoms with van der Waals surface area (Å²) in [4.78, 5) is 29.1. The molecule has 0 unspecified atom stereocenters. The van der Waals surface area contributed by atoms with E-state index in [9.17, 15) is 9.59 Å². The summed E-state index contributed by atoms with van der Waals surface area (Å²) in [5, 5.41) is 2.91. The highest BCUT2D eigenvalue weighted by atomic mass is 16.5. The molecule has 1 heterocycles. The maximum atomic E-state index is 11.3. The van der Waals surface area contributed by atoms with Gasteiger partial charge in [-0.1, -0.05) is 13.8 Å². The second-order valence-electron chi connectivity index (χ2n) is 3.92. The molecular weight excluding hydrogens is 222 g/mol. The number of hydrogen-bond donors (Lipinski definition) is 2. The fraction of sp³-hybridized carbons (Fsp3) is 0.545. The molecule has 17 heavy (non-hydrogen) atoms. The predicted octanol–water partition coefficient (Wildman–Crippen LogP) is 0.868. The van der Waals surface area contributed by atoms with Gasteiger partial charge in [0.15, 0.2) is 0 Å². The van der Waals surface area contributed by atoms with Crippen molar-refractivity contribution >= 4 is 11.8 Å². The summed E-state index contributed by atoms with van der Waals surface area (Å²) in [5.74, 6) is 0.941. The van der Waals surface area contributed by atoms with E-state index in [1.165, 1.54) is 13.2 Å². The first kappa shape index (κ1) is 13.2. The van der Waals surface area contributed by atoms with Gasteiger partial charge in [0.2, 0.25) is 0 Å². The van der Waals surface area contributed by atoms with Gasteiger partial charge in [-0.2, -0.15) is 0 Å². The molecule has 0 aromatic carbocycles. The quantitative estimate of drug-likeness (QED) is 0.745. The number of carbonyl (C=O) groups excluding carboxylic acids is 1. The maximum Gasteiger partial charge on any atom is 0.307 e. The Balaban J connectivity index is 2.65. The van der Waals surface area contributed by atoms with Gasteiger partial charge in [0.05, 0.1) is 13.5 Å². The molecule has 0 saturated heterocycles. The number of aromatic nitrogens is 2. The van der Waals surface area contributed by atoms with Gasteiger partial charge in [-0.25, -0.2) is 4.98 Å². The third kappa shape index (κ3) is 4.26. The summed E-state index contributed by atoms with van der Waals surface area (Å²) >= 11 is 0. The van der Waals surface area contributed by atoms with Gasteiger partial charge in [-0.3, -0.25) is 9.59 Å². The molecule has 6 heteroatoms. The standard InChI is InChI=1S/C11H17N3O3/c1-7(2)11-13-8(6-9(15)14-11)12-5-4-10(16)17-3/h6-7H,4-5H2,1-3H3,(H2,12,13,14,15). The molecule has 0 spiro atoms. The molecule has 0 amide bonds. The number of methoxy groups -OCH3 is 1. The van der Waals surface area contributed by atoms with Crippen LogP contribution in [0.1, 0.15) is 32.0 Å². The zero-order valence-electron chi connectivity index (χ0n) is 10.2. The molecule has 0 fully saturated rings. The van der Waals surface area contributed by atoms with E-state index in [1.54, 1.807) is 0 Å². The van der Waals surface area contributed by atoms with Crippen LogP contribution in [0.15, 0.2) is 10.9 Å². The Morgan fingerprint density at radius 2 is 2.29 bits per heavy atom. The van der Waals surface area contributed by atoms with Crippen LogP contribution in [0.5, 0.6) is 0 Å². The highest BCUT2D eigenvalue weighted by molar-refractivity contribution is 5.69. The summed E-state index contributed by atoms with van der Waals surface area (Å²) in [5.41, 5.74) is -0.204. The Morgan fingerprint density at radius 3 is 2.88 bits per heavy atom. The predicted molar refractivity (Wildman–Crippen MR) is 64.1 cm³/mol. The van der Waals surface area contributed by atoms with Crippen LogP contribution in [0, 0.1) is 0 Å². The molecule has 1 aromatic heterocycles. The van der Waals surface area contributed by atoms with Crippen LogP contribution in [-0.4, -0.2) is 29.6 Å². The number of anilines is 1. The van der Waals surface area contributed by atoms with Crippen molar-refractivity contribution in [3.8, 4) is 0 Å². The van der Waals surface area contributed by atoms with Crippen molar-refractivity contribution in [1.29, 1.82) is 0 Å². The molecule has 1 rings (SSSR count). The zero-order valence-corrected chi connectivity index (χ0v) is 10.2. The lowest BCUT2D eigenvalue weighted by Gasteiger charge is -2.08. The maximum absolute atomic E-state index is 11.3. The van der Waals surface area contributed by atoms with Gasteiger partial charge in [-0.05, 0) is 0 Å². The summed E-state index contributed by atoms with van der Waals surface area (Å²) in [6, 6.07) is 1.36. The second kappa shape index (κ2) is 6.03. The lowest BCUT2D eigenvalue weighted by atomic mass is 10.2. The molecule has 0 atom stereocenters. The summed E-state index contributed by atoms with van der Waals surface area (Å²) < 4.78 is 4.51. The lowest BCUT2D eigenvalue weighted by Crippen LogP contribution is -2.16. The van der Waals surface area contributed by atoms with Gasteiger partial charge >= 0.3 is 5.97 Å². The molecule has 0 aliphatic carbocycles. The normalized spacial score (nSPS) is 10.4. The molecule has 1 aromatic rings. The minimum absolute atomic E-state index is 0.144. The highest BCUT2D eigenvalue weighted by Gasteiger charge is 2.05. The Labute approximate surface area is 99.4 Å². The highest BCUT2D eigenvalue weighted by Crippen LogP contribution is 2.08. The molecule has 0 bridgehead atoms. The molecule has 0 aliphatic rings. The largest absolute Gasteiger partial charge is 0.469 e. The van der Waals surface area contributed by atoms with Gasteiger partial charge < -0.3 is 15.0 Å². The topological polar surface area (TPSA) is 84.1 Å². The Kier molecular flexibility index (Phi) is 4.68. The second-order valence-corrected chi connectivity index (χ2v) is 3.92. The fourth-order valence-corrected chi connectivity index (χ4v) is 1.24. The van der Waals surface area contributed by atoms with Crippen LogP contribution in [-0.2, 0) is 9.53 Å². The van der Waals surface area contributed by atoms with Crippen molar-refractivity contribution in [3.05, 3.63) is 22.2 Å². The number of H-pyrrole nitrogens is 1. The van der Waals surface area contributed by atoms with Crippen LogP contribution in [0.4, 0.5) is 5.82 Å². The first-order chi connectivity index (χ1) is 8.02. The molecule has 0 saturated carbocycles. The van der Waals surface area contributed by atoms with Crippen molar-refractivity contribution in [1.82, 2.24) is 9.97 Å². The summed E-state index contributed by atoms with van der Waals surface area (Å²) in [6.45, 7) is 4.27. The first-order valence-electron chi connectivity index (χ1n) is 5.45. The van der Waals surface area contributed by atoms with E-state index in [4.69, 9.17) is 0 Å². The van der Waals surface area contributed by atoms with E-state index in [0.717, 1.165) is 0 Å². The lowest BCUT2D eigenvalue weighted by molar-refractivity contribution is -0.140. The molecule has 2 N–H and O–H groups in total. The van der Waals surface area contributed by atoms with Gasteiger partial charge in [-0.15, -0.1) is 0 Å². The molecule has 6 nitrogen and oxygen atoms in total. The average Bonchev–Trinajstić information content (AvgIpc) is 2.28. The van der Waals surface area contributed by atoms with E-state index in [1.807, 2.05) is 13.8 Å². The van der Waals surface area contributed by atoms with Crippen molar-refractivity contribution in [2.45, 2.75) is 26.2 Å². The van der Waals surface area contributed by atoms with Gasteiger partial charge in [0.1, 0.15) is 11.6 Å². The van der Waals surface area contributed by atoms with Gasteiger partial charge in [0.25, 0.3) is 5.56 Å². The fourth-order valence-electron chi connectivity index (χ4n) is 1.24. The monoisotopic (exact) mass is 239 g/mol. The molecule has 94 valence electrons. The van der Waals surface area contributed by atoms with Crippen molar-refractivity contribution in [3.63, 3.8) is 0 Å². The molecule has 0 radical (unpaired) electrons.